The average molecular weight is 504 g/mol. The smallest absolute Gasteiger partial charge is 0.238 e. The SMILES string of the molecule is CCn1c2ccccc2c2cc(NC(=O)CN3CCN(CC(=O)Nc4ccccc4Cl)CC3)ccc21. The summed E-state index contributed by atoms with van der Waals surface area (Å²) in [5.41, 5.74) is 3.81. The van der Waals surface area contributed by atoms with Crippen LogP contribution in [0.15, 0.2) is 66.7 Å². The first-order valence-corrected chi connectivity index (χ1v) is 12.7. The number of halogens is 1. The molecule has 186 valence electrons. The summed E-state index contributed by atoms with van der Waals surface area (Å²) < 4.78 is 2.30. The third-order valence-corrected chi connectivity index (χ3v) is 7.05. The van der Waals surface area contributed by atoms with E-state index in [0.717, 1.165) is 43.8 Å². The average Bonchev–Trinajstić information content (AvgIpc) is 3.19. The number of para-hydroxylation sites is 2. The first kappa shape index (κ1) is 24.3. The van der Waals surface area contributed by atoms with Gasteiger partial charge in [-0.25, -0.2) is 0 Å². The Bertz CT molecular complexity index is 1410. The predicted molar refractivity (Wildman–Crippen MR) is 147 cm³/mol. The fourth-order valence-electron chi connectivity index (χ4n) is 4.94. The number of aromatic nitrogens is 1. The van der Waals surface area contributed by atoms with Gasteiger partial charge in [0, 0.05) is 60.2 Å². The maximum absolute atomic E-state index is 12.8. The van der Waals surface area contributed by atoms with E-state index >= 15 is 0 Å². The highest BCUT2D eigenvalue weighted by molar-refractivity contribution is 6.33. The lowest BCUT2D eigenvalue weighted by Crippen LogP contribution is -2.50. The van der Waals surface area contributed by atoms with Crippen molar-refractivity contribution in [3.05, 3.63) is 71.8 Å². The molecule has 8 heteroatoms. The van der Waals surface area contributed by atoms with Gasteiger partial charge in [-0.1, -0.05) is 41.9 Å². The Hall–Kier alpha value is -3.39. The second-order valence-corrected chi connectivity index (χ2v) is 9.53. The van der Waals surface area contributed by atoms with Crippen LogP contribution in [0, 0.1) is 0 Å². The maximum atomic E-state index is 12.8. The topological polar surface area (TPSA) is 69.6 Å². The number of nitrogens with zero attached hydrogens (tertiary/aromatic N) is 3. The molecular weight excluding hydrogens is 474 g/mol. The number of anilines is 2. The van der Waals surface area contributed by atoms with E-state index in [9.17, 15) is 9.59 Å². The minimum absolute atomic E-state index is 0.0292. The van der Waals surface area contributed by atoms with Crippen LogP contribution in [-0.4, -0.2) is 65.4 Å². The fraction of sp³-hybridized carbons (Fsp3) is 0.286. The molecule has 5 rings (SSSR count). The number of benzene rings is 3. The molecule has 1 aliphatic rings. The van der Waals surface area contributed by atoms with Crippen LogP contribution >= 0.6 is 11.6 Å². The van der Waals surface area contributed by atoms with Crippen LogP contribution in [-0.2, 0) is 16.1 Å². The molecule has 1 saturated heterocycles. The summed E-state index contributed by atoms with van der Waals surface area (Å²) in [7, 11) is 0. The molecule has 2 heterocycles. The zero-order valence-corrected chi connectivity index (χ0v) is 21.1. The molecule has 2 N–H and O–H groups in total. The molecule has 1 aliphatic heterocycles. The van der Waals surface area contributed by atoms with Gasteiger partial charge in [0.1, 0.15) is 0 Å². The van der Waals surface area contributed by atoms with Crippen LogP contribution < -0.4 is 10.6 Å². The van der Waals surface area contributed by atoms with Crippen LogP contribution in [0.3, 0.4) is 0 Å². The van der Waals surface area contributed by atoms with Crippen molar-refractivity contribution in [1.29, 1.82) is 0 Å². The van der Waals surface area contributed by atoms with Gasteiger partial charge in [0.25, 0.3) is 0 Å². The van der Waals surface area contributed by atoms with Crippen LogP contribution in [0.1, 0.15) is 6.92 Å². The number of hydrogen-bond acceptors (Lipinski definition) is 4. The summed E-state index contributed by atoms with van der Waals surface area (Å²) in [5.74, 6) is -0.118. The monoisotopic (exact) mass is 503 g/mol. The Kier molecular flexibility index (Phi) is 7.23. The van der Waals surface area contributed by atoms with Gasteiger partial charge in [-0.2, -0.15) is 0 Å². The van der Waals surface area contributed by atoms with Crippen LogP contribution in [0.4, 0.5) is 11.4 Å². The van der Waals surface area contributed by atoms with E-state index in [4.69, 9.17) is 11.6 Å². The van der Waals surface area contributed by atoms with Gasteiger partial charge >= 0.3 is 0 Å². The normalized spacial score (nSPS) is 14.8. The summed E-state index contributed by atoms with van der Waals surface area (Å²) >= 11 is 6.12. The molecular formula is C28H30ClN5O2. The zero-order chi connectivity index (χ0) is 25.1. The Balaban J connectivity index is 1.14. The third-order valence-electron chi connectivity index (χ3n) is 6.72. The summed E-state index contributed by atoms with van der Waals surface area (Å²) in [4.78, 5) is 29.4. The number of hydrogen-bond donors (Lipinski definition) is 2. The minimum Gasteiger partial charge on any atom is -0.341 e. The lowest BCUT2D eigenvalue weighted by atomic mass is 10.1. The Morgan fingerprint density at radius 1 is 0.778 bits per heavy atom. The van der Waals surface area contributed by atoms with E-state index in [1.807, 2.05) is 24.3 Å². The van der Waals surface area contributed by atoms with Crippen molar-refractivity contribution in [3.63, 3.8) is 0 Å². The summed E-state index contributed by atoms with van der Waals surface area (Å²) in [6.45, 7) is 6.59. The second-order valence-electron chi connectivity index (χ2n) is 9.12. The van der Waals surface area contributed by atoms with E-state index in [-0.39, 0.29) is 11.8 Å². The molecule has 0 aliphatic carbocycles. The van der Waals surface area contributed by atoms with Crippen LogP contribution in [0.5, 0.6) is 0 Å². The number of piperazine rings is 1. The highest BCUT2D eigenvalue weighted by Crippen LogP contribution is 2.31. The number of carbonyl (C=O) groups is 2. The number of nitrogens with one attached hydrogen (secondary N) is 2. The Labute approximate surface area is 215 Å². The van der Waals surface area contributed by atoms with Gasteiger partial charge < -0.3 is 15.2 Å². The maximum Gasteiger partial charge on any atom is 0.238 e. The van der Waals surface area contributed by atoms with E-state index < -0.39 is 0 Å². The minimum atomic E-state index is -0.0888. The van der Waals surface area contributed by atoms with Crippen molar-refractivity contribution in [2.24, 2.45) is 0 Å². The molecule has 0 radical (unpaired) electrons. The molecule has 3 aromatic carbocycles. The van der Waals surface area contributed by atoms with E-state index in [1.54, 1.807) is 12.1 Å². The molecule has 1 aromatic heterocycles. The van der Waals surface area contributed by atoms with Gasteiger partial charge in [0.15, 0.2) is 0 Å². The van der Waals surface area contributed by atoms with Crippen LogP contribution in [0.2, 0.25) is 5.02 Å². The second kappa shape index (κ2) is 10.7. The largest absolute Gasteiger partial charge is 0.341 e. The number of rotatable bonds is 7. The van der Waals surface area contributed by atoms with Crippen LogP contribution in [0.25, 0.3) is 21.8 Å². The highest BCUT2D eigenvalue weighted by atomic mass is 35.5. The summed E-state index contributed by atoms with van der Waals surface area (Å²) in [5, 5.41) is 8.80. The van der Waals surface area contributed by atoms with Crippen molar-refractivity contribution < 1.29 is 9.59 Å². The highest BCUT2D eigenvalue weighted by Gasteiger charge is 2.21. The first-order chi connectivity index (χ1) is 17.5. The van der Waals surface area contributed by atoms with Gasteiger partial charge in [0.05, 0.1) is 23.8 Å². The Morgan fingerprint density at radius 3 is 2.08 bits per heavy atom. The molecule has 0 spiro atoms. The lowest BCUT2D eigenvalue weighted by molar-refractivity contribution is -0.120. The van der Waals surface area contributed by atoms with Gasteiger partial charge in [0.2, 0.25) is 11.8 Å². The summed E-state index contributed by atoms with van der Waals surface area (Å²) in [6.07, 6.45) is 0. The Morgan fingerprint density at radius 2 is 1.39 bits per heavy atom. The molecule has 0 saturated carbocycles. The third kappa shape index (κ3) is 5.23. The lowest BCUT2D eigenvalue weighted by Gasteiger charge is -2.33. The number of fused-ring (bicyclic) bond motifs is 3. The fourth-order valence-corrected chi connectivity index (χ4v) is 5.12. The number of amides is 2. The number of carbonyl (C=O) groups excluding carboxylic acids is 2. The first-order valence-electron chi connectivity index (χ1n) is 12.3. The molecule has 2 amide bonds. The molecule has 4 aromatic rings. The van der Waals surface area contributed by atoms with Crippen molar-refractivity contribution in [2.75, 3.05) is 49.9 Å². The molecule has 0 bridgehead atoms. The molecule has 0 unspecified atom stereocenters. The zero-order valence-electron chi connectivity index (χ0n) is 20.3. The van der Waals surface area contributed by atoms with Gasteiger partial charge in [-0.3, -0.25) is 19.4 Å². The van der Waals surface area contributed by atoms with E-state index in [1.165, 1.54) is 16.4 Å². The van der Waals surface area contributed by atoms with Crippen molar-refractivity contribution in [3.8, 4) is 0 Å². The predicted octanol–water partition coefficient (Wildman–Crippen LogP) is 4.66. The molecule has 7 nitrogen and oxygen atoms in total. The van der Waals surface area contributed by atoms with Crippen molar-refractivity contribution in [1.82, 2.24) is 14.4 Å². The quantitative estimate of drug-likeness (QED) is 0.385. The van der Waals surface area contributed by atoms with E-state index in [0.29, 0.717) is 23.8 Å². The summed E-state index contributed by atoms with van der Waals surface area (Å²) in [6, 6.07) is 21.7. The van der Waals surface area contributed by atoms with Crippen molar-refractivity contribution >= 4 is 56.6 Å². The van der Waals surface area contributed by atoms with Gasteiger partial charge in [-0.15, -0.1) is 0 Å². The van der Waals surface area contributed by atoms with E-state index in [2.05, 4.69) is 62.3 Å². The molecule has 0 atom stereocenters. The van der Waals surface area contributed by atoms with Gasteiger partial charge in [-0.05, 0) is 43.3 Å². The molecule has 36 heavy (non-hydrogen) atoms. The number of aryl methyl sites for hydroxylation is 1. The standard InChI is InChI=1S/C28H30ClN5O2/c1-2-34-25-10-6-3-7-21(25)22-17-20(11-12-26(22)34)30-27(35)18-32-13-15-33(16-14-32)19-28(36)31-24-9-5-4-8-23(24)29/h3-12,17H,2,13-16,18-19H2,1H3,(H,30,35)(H,31,36). The molecule has 1 fully saturated rings. The van der Waals surface area contributed by atoms with Crippen molar-refractivity contribution in [2.45, 2.75) is 13.5 Å².